The summed E-state index contributed by atoms with van der Waals surface area (Å²) in [6.45, 7) is 4.64. The highest BCUT2D eigenvalue weighted by Gasteiger charge is 2.07. The van der Waals surface area contributed by atoms with Gasteiger partial charge in [0.05, 0.1) is 20.4 Å². The van der Waals surface area contributed by atoms with E-state index in [1.54, 1.807) is 20.4 Å². The molecule has 2 N–H and O–H groups in total. The van der Waals surface area contributed by atoms with Crippen LogP contribution in [0.15, 0.2) is 42.6 Å². The molecule has 0 fully saturated rings. The van der Waals surface area contributed by atoms with Gasteiger partial charge in [0, 0.05) is 12.2 Å². The maximum atomic E-state index is 5.33. The monoisotopic (exact) mass is 365 g/mol. The molecule has 7 heteroatoms. The second kappa shape index (κ2) is 8.35. The largest absolute Gasteiger partial charge is 0.493 e. The smallest absolute Gasteiger partial charge is 0.244 e. The van der Waals surface area contributed by atoms with E-state index in [1.165, 1.54) is 5.56 Å². The van der Waals surface area contributed by atoms with Crippen molar-refractivity contribution in [3.8, 4) is 11.5 Å². The average Bonchev–Trinajstić information content (AvgIpc) is 2.69. The van der Waals surface area contributed by atoms with Gasteiger partial charge in [-0.3, -0.25) is 0 Å². The molecule has 3 rings (SSSR count). The number of rotatable bonds is 7. The van der Waals surface area contributed by atoms with Gasteiger partial charge in [0.1, 0.15) is 0 Å². The molecule has 3 aromatic rings. The van der Waals surface area contributed by atoms with Gasteiger partial charge < -0.3 is 20.1 Å². The summed E-state index contributed by atoms with van der Waals surface area (Å²) in [5.41, 5.74) is 4.33. The average molecular weight is 365 g/mol. The fourth-order valence-electron chi connectivity index (χ4n) is 2.62. The highest BCUT2D eigenvalue weighted by atomic mass is 16.5. The minimum absolute atomic E-state index is 0.445. The number of aryl methyl sites for hydroxylation is 2. The van der Waals surface area contributed by atoms with Crippen molar-refractivity contribution in [3.63, 3.8) is 0 Å². The van der Waals surface area contributed by atoms with Crippen LogP contribution in [0.25, 0.3) is 0 Å². The number of hydrogen-bond donors (Lipinski definition) is 2. The van der Waals surface area contributed by atoms with Crippen molar-refractivity contribution in [3.05, 3.63) is 59.3 Å². The Kier molecular flexibility index (Phi) is 5.71. The Morgan fingerprint density at radius 3 is 2.56 bits per heavy atom. The highest BCUT2D eigenvalue weighted by Crippen LogP contribution is 2.27. The van der Waals surface area contributed by atoms with Crippen LogP contribution in [0.4, 0.5) is 17.5 Å². The van der Waals surface area contributed by atoms with Crippen molar-refractivity contribution in [2.75, 3.05) is 24.9 Å². The molecule has 0 spiro atoms. The molecule has 0 aliphatic heterocycles. The van der Waals surface area contributed by atoms with E-state index in [1.807, 2.05) is 25.1 Å². The fourth-order valence-corrected chi connectivity index (χ4v) is 2.62. The Labute approximate surface area is 158 Å². The lowest BCUT2D eigenvalue weighted by Gasteiger charge is -2.11. The predicted molar refractivity (Wildman–Crippen MR) is 106 cm³/mol. The van der Waals surface area contributed by atoms with Crippen LogP contribution in [-0.2, 0) is 6.54 Å². The minimum Gasteiger partial charge on any atom is -0.493 e. The molecule has 7 nitrogen and oxygen atoms in total. The lowest BCUT2D eigenvalue weighted by atomic mass is 10.1. The van der Waals surface area contributed by atoms with Crippen molar-refractivity contribution in [2.24, 2.45) is 0 Å². The van der Waals surface area contributed by atoms with Gasteiger partial charge in [-0.25, -0.2) is 0 Å². The lowest BCUT2D eigenvalue weighted by Crippen LogP contribution is -2.07. The molecular weight excluding hydrogens is 342 g/mol. The number of nitrogens with zero attached hydrogens (tertiary/aromatic N) is 3. The number of hydrogen-bond acceptors (Lipinski definition) is 7. The highest BCUT2D eigenvalue weighted by molar-refractivity contribution is 5.61. The van der Waals surface area contributed by atoms with E-state index >= 15 is 0 Å². The minimum atomic E-state index is 0.445. The summed E-state index contributed by atoms with van der Waals surface area (Å²) in [5, 5.41) is 14.5. The number of benzene rings is 2. The molecule has 27 heavy (non-hydrogen) atoms. The molecule has 2 aromatic carbocycles. The first-order valence-corrected chi connectivity index (χ1v) is 8.58. The zero-order valence-corrected chi connectivity index (χ0v) is 15.9. The molecule has 0 radical (unpaired) electrons. The summed E-state index contributed by atoms with van der Waals surface area (Å²) < 4.78 is 10.6. The SMILES string of the molecule is COc1ccc(CNc2nncc(Nc3cc(C)ccc3C)n2)cc1OC. The molecule has 0 amide bonds. The molecule has 0 aliphatic carbocycles. The zero-order chi connectivity index (χ0) is 19.2. The summed E-state index contributed by atoms with van der Waals surface area (Å²) >= 11 is 0. The van der Waals surface area contributed by atoms with Crippen molar-refractivity contribution in [1.29, 1.82) is 0 Å². The topological polar surface area (TPSA) is 81.2 Å². The third-order valence-corrected chi connectivity index (χ3v) is 4.11. The van der Waals surface area contributed by atoms with E-state index in [-0.39, 0.29) is 0 Å². The molecule has 0 bridgehead atoms. The van der Waals surface area contributed by atoms with Crippen LogP contribution in [0.2, 0.25) is 0 Å². The lowest BCUT2D eigenvalue weighted by molar-refractivity contribution is 0.354. The molecule has 0 atom stereocenters. The zero-order valence-electron chi connectivity index (χ0n) is 15.9. The summed E-state index contributed by atoms with van der Waals surface area (Å²) in [5.74, 6) is 2.45. The first-order valence-electron chi connectivity index (χ1n) is 8.58. The van der Waals surface area contributed by atoms with Gasteiger partial charge in [-0.2, -0.15) is 10.1 Å². The predicted octanol–water partition coefficient (Wildman–Crippen LogP) is 3.86. The van der Waals surface area contributed by atoms with Crippen molar-refractivity contribution < 1.29 is 9.47 Å². The Balaban J connectivity index is 1.70. The van der Waals surface area contributed by atoms with E-state index in [4.69, 9.17) is 9.47 Å². The molecule has 0 saturated heterocycles. The van der Waals surface area contributed by atoms with Gasteiger partial charge in [0.25, 0.3) is 0 Å². The first-order chi connectivity index (χ1) is 13.1. The maximum Gasteiger partial charge on any atom is 0.244 e. The van der Waals surface area contributed by atoms with Gasteiger partial charge in [-0.15, -0.1) is 5.10 Å². The first kappa shape index (κ1) is 18.4. The standard InChI is InChI=1S/C20H23N5O2/c1-13-5-6-14(2)16(9-13)23-19-12-22-25-20(24-19)21-11-15-7-8-17(26-3)18(10-15)27-4/h5-10,12H,11H2,1-4H3,(H2,21,23,24,25). The Hall–Kier alpha value is -3.35. The van der Waals surface area contributed by atoms with Gasteiger partial charge >= 0.3 is 0 Å². The molecule has 1 heterocycles. The summed E-state index contributed by atoms with van der Waals surface area (Å²) in [6, 6.07) is 12.0. The van der Waals surface area contributed by atoms with E-state index in [0.29, 0.717) is 29.8 Å². The van der Waals surface area contributed by atoms with Crippen LogP contribution in [-0.4, -0.2) is 29.4 Å². The molecule has 0 unspecified atom stereocenters. The van der Waals surface area contributed by atoms with E-state index in [2.05, 4.69) is 50.9 Å². The second-order valence-electron chi connectivity index (χ2n) is 6.15. The summed E-state index contributed by atoms with van der Waals surface area (Å²) in [4.78, 5) is 4.48. The van der Waals surface area contributed by atoms with Gasteiger partial charge in [-0.1, -0.05) is 18.2 Å². The van der Waals surface area contributed by atoms with Crippen molar-refractivity contribution in [2.45, 2.75) is 20.4 Å². The third-order valence-electron chi connectivity index (χ3n) is 4.11. The van der Waals surface area contributed by atoms with Crippen LogP contribution in [0, 0.1) is 13.8 Å². The second-order valence-corrected chi connectivity index (χ2v) is 6.15. The number of methoxy groups -OCH3 is 2. The van der Waals surface area contributed by atoms with Crippen molar-refractivity contribution in [1.82, 2.24) is 15.2 Å². The van der Waals surface area contributed by atoms with Crippen LogP contribution >= 0.6 is 0 Å². The van der Waals surface area contributed by atoms with Gasteiger partial charge in [0.15, 0.2) is 17.3 Å². The summed E-state index contributed by atoms with van der Waals surface area (Å²) in [7, 11) is 3.23. The molecule has 140 valence electrons. The maximum absolute atomic E-state index is 5.33. The van der Waals surface area contributed by atoms with E-state index in [9.17, 15) is 0 Å². The van der Waals surface area contributed by atoms with Gasteiger partial charge in [0.2, 0.25) is 5.95 Å². The van der Waals surface area contributed by atoms with Crippen LogP contribution < -0.4 is 20.1 Å². The quantitative estimate of drug-likeness (QED) is 0.658. The summed E-state index contributed by atoms with van der Waals surface area (Å²) in [6.07, 6.45) is 1.60. The van der Waals surface area contributed by atoms with Crippen LogP contribution in [0.5, 0.6) is 11.5 Å². The number of ether oxygens (including phenoxy) is 2. The molecule has 1 aromatic heterocycles. The number of nitrogens with one attached hydrogen (secondary N) is 2. The Morgan fingerprint density at radius 1 is 0.963 bits per heavy atom. The Bertz CT molecular complexity index is 930. The van der Waals surface area contributed by atoms with Crippen LogP contribution in [0.3, 0.4) is 0 Å². The normalized spacial score (nSPS) is 10.4. The van der Waals surface area contributed by atoms with Gasteiger partial charge in [-0.05, 0) is 48.7 Å². The molecule has 0 saturated carbocycles. The van der Waals surface area contributed by atoms with Crippen LogP contribution in [0.1, 0.15) is 16.7 Å². The van der Waals surface area contributed by atoms with E-state index < -0.39 is 0 Å². The fraction of sp³-hybridized carbons (Fsp3) is 0.250. The third kappa shape index (κ3) is 4.63. The Morgan fingerprint density at radius 2 is 1.78 bits per heavy atom. The molecule has 0 aliphatic rings. The van der Waals surface area contributed by atoms with Crippen molar-refractivity contribution >= 4 is 17.5 Å². The number of aromatic nitrogens is 3. The van der Waals surface area contributed by atoms with E-state index in [0.717, 1.165) is 16.8 Å². The number of anilines is 3. The molecular formula is C20H23N5O2.